The minimum absolute atomic E-state index is 0.258. The smallest absolute Gasteiger partial charge is 0.240 e. The third kappa shape index (κ3) is 3.18. The summed E-state index contributed by atoms with van der Waals surface area (Å²) in [6.45, 7) is 2.06. The minimum atomic E-state index is -3.44. The average Bonchev–Trinajstić information content (AvgIpc) is 2.76. The summed E-state index contributed by atoms with van der Waals surface area (Å²) in [5.41, 5.74) is 0. The maximum atomic E-state index is 11.9. The zero-order valence-corrected chi connectivity index (χ0v) is 10.8. The van der Waals surface area contributed by atoms with E-state index in [4.69, 9.17) is 4.42 Å². The third-order valence-corrected chi connectivity index (χ3v) is 3.83. The first-order valence-corrected chi connectivity index (χ1v) is 7.02. The number of aromatic nitrogens is 1. The van der Waals surface area contributed by atoms with E-state index in [1.54, 1.807) is 43.5 Å². The van der Waals surface area contributed by atoms with Crippen molar-refractivity contribution < 1.29 is 12.8 Å². The summed E-state index contributed by atoms with van der Waals surface area (Å²) in [6.07, 6.45) is 2.04. The first-order valence-electron chi connectivity index (χ1n) is 5.54. The molecule has 5 nitrogen and oxygen atoms in total. The van der Waals surface area contributed by atoms with Crippen LogP contribution >= 0.6 is 0 Å². The normalized spacial score (nSPS) is 11.6. The van der Waals surface area contributed by atoms with Crippen molar-refractivity contribution in [3.05, 3.63) is 48.2 Å². The summed E-state index contributed by atoms with van der Waals surface area (Å²) >= 11 is 0. The number of hydrogen-bond acceptors (Lipinski definition) is 4. The fourth-order valence-corrected chi connectivity index (χ4v) is 2.55. The second-order valence-corrected chi connectivity index (χ2v) is 5.59. The summed E-state index contributed by atoms with van der Waals surface area (Å²) in [4.78, 5) is 4.26. The highest BCUT2D eigenvalue weighted by molar-refractivity contribution is 7.89. The summed E-state index contributed by atoms with van der Waals surface area (Å²) in [7, 11) is -3.44. The lowest BCUT2D eigenvalue weighted by Crippen LogP contribution is -2.26. The van der Waals surface area contributed by atoms with Crippen molar-refractivity contribution in [1.29, 1.82) is 0 Å². The number of nitrogens with one attached hydrogen (secondary N) is 1. The number of nitrogens with zero attached hydrogens (tertiary/aromatic N) is 1. The topological polar surface area (TPSA) is 72.2 Å². The SMILES string of the molecule is Cc1cnc(CCNS(=O)(=O)c2ccccc2)o1. The molecule has 6 heteroatoms. The molecule has 0 bridgehead atoms. The summed E-state index contributed by atoms with van der Waals surface area (Å²) in [6, 6.07) is 8.25. The van der Waals surface area contributed by atoms with Crippen LogP contribution in [-0.2, 0) is 16.4 Å². The Morgan fingerprint density at radius 3 is 2.61 bits per heavy atom. The molecule has 1 aromatic heterocycles. The van der Waals surface area contributed by atoms with E-state index in [0.29, 0.717) is 12.3 Å². The Kier molecular flexibility index (Phi) is 3.78. The molecule has 0 unspecified atom stereocenters. The maximum Gasteiger partial charge on any atom is 0.240 e. The molecule has 0 aliphatic rings. The monoisotopic (exact) mass is 266 g/mol. The average molecular weight is 266 g/mol. The molecule has 0 saturated heterocycles. The van der Waals surface area contributed by atoms with Gasteiger partial charge in [-0.2, -0.15) is 0 Å². The predicted octanol–water partition coefficient (Wildman–Crippen LogP) is 1.50. The lowest BCUT2D eigenvalue weighted by molar-refractivity contribution is 0.469. The molecule has 0 fully saturated rings. The van der Waals surface area contributed by atoms with Gasteiger partial charge in [0, 0.05) is 13.0 Å². The quantitative estimate of drug-likeness (QED) is 0.890. The molecule has 1 heterocycles. The molecule has 0 saturated carbocycles. The second-order valence-electron chi connectivity index (χ2n) is 3.83. The Morgan fingerprint density at radius 2 is 2.00 bits per heavy atom. The molecule has 2 aromatic rings. The van der Waals surface area contributed by atoms with Crippen LogP contribution in [0.1, 0.15) is 11.7 Å². The highest BCUT2D eigenvalue weighted by atomic mass is 32.2. The highest BCUT2D eigenvalue weighted by Gasteiger charge is 2.12. The summed E-state index contributed by atoms with van der Waals surface area (Å²) in [5, 5.41) is 0. The van der Waals surface area contributed by atoms with Crippen molar-refractivity contribution in [1.82, 2.24) is 9.71 Å². The van der Waals surface area contributed by atoms with Gasteiger partial charge in [0.05, 0.1) is 11.1 Å². The van der Waals surface area contributed by atoms with Crippen LogP contribution in [0.25, 0.3) is 0 Å². The van der Waals surface area contributed by atoms with E-state index in [1.165, 1.54) is 0 Å². The van der Waals surface area contributed by atoms with Gasteiger partial charge in [-0.1, -0.05) is 18.2 Å². The molecular formula is C12H14N2O3S. The first-order chi connectivity index (χ1) is 8.58. The van der Waals surface area contributed by atoms with E-state index in [0.717, 1.165) is 5.76 Å². The Bertz CT molecular complexity index is 605. The first kappa shape index (κ1) is 12.8. The molecule has 0 amide bonds. The van der Waals surface area contributed by atoms with Crippen molar-refractivity contribution in [2.75, 3.05) is 6.54 Å². The van der Waals surface area contributed by atoms with Gasteiger partial charge in [0.1, 0.15) is 5.76 Å². The minimum Gasteiger partial charge on any atom is -0.446 e. The van der Waals surface area contributed by atoms with Crippen molar-refractivity contribution >= 4 is 10.0 Å². The van der Waals surface area contributed by atoms with Crippen LogP contribution in [0.4, 0.5) is 0 Å². The maximum absolute atomic E-state index is 11.9. The standard InChI is InChI=1S/C12H14N2O3S/c1-10-9-13-12(17-10)7-8-14-18(15,16)11-5-3-2-4-6-11/h2-6,9,14H,7-8H2,1H3. The molecule has 0 radical (unpaired) electrons. The van der Waals surface area contributed by atoms with Gasteiger partial charge in [0.15, 0.2) is 5.89 Å². The lowest BCUT2D eigenvalue weighted by Gasteiger charge is -2.04. The number of sulfonamides is 1. The van der Waals surface area contributed by atoms with Gasteiger partial charge in [-0.05, 0) is 19.1 Å². The molecular weight excluding hydrogens is 252 g/mol. The largest absolute Gasteiger partial charge is 0.446 e. The van der Waals surface area contributed by atoms with Crippen molar-refractivity contribution in [2.45, 2.75) is 18.2 Å². The van der Waals surface area contributed by atoms with Crippen LogP contribution in [0.2, 0.25) is 0 Å². The molecule has 0 aliphatic carbocycles. The Balaban J connectivity index is 1.94. The van der Waals surface area contributed by atoms with Crippen molar-refractivity contribution in [3.63, 3.8) is 0 Å². The number of rotatable bonds is 5. The van der Waals surface area contributed by atoms with E-state index in [9.17, 15) is 8.42 Å². The molecule has 0 aliphatic heterocycles. The Labute approximate surface area is 106 Å². The van der Waals surface area contributed by atoms with Gasteiger partial charge in [0.2, 0.25) is 10.0 Å². The molecule has 1 N–H and O–H groups in total. The number of oxazole rings is 1. The van der Waals surface area contributed by atoms with E-state index >= 15 is 0 Å². The van der Waals surface area contributed by atoms with E-state index < -0.39 is 10.0 Å². The second kappa shape index (κ2) is 5.32. The fraction of sp³-hybridized carbons (Fsp3) is 0.250. The highest BCUT2D eigenvalue weighted by Crippen LogP contribution is 2.07. The third-order valence-electron chi connectivity index (χ3n) is 2.35. The molecule has 0 spiro atoms. The zero-order valence-electron chi connectivity index (χ0n) is 9.96. The molecule has 0 atom stereocenters. The van der Waals surface area contributed by atoms with E-state index in [-0.39, 0.29) is 11.4 Å². The number of hydrogen-bond donors (Lipinski definition) is 1. The van der Waals surface area contributed by atoms with Crippen LogP contribution in [0, 0.1) is 6.92 Å². The predicted molar refractivity (Wildman–Crippen MR) is 66.6 cm³/mol. The molecule has 1 aromatic carbocycles. The number of benzene rings is 1. The summed E-state index contributed by atoms with van der Waals surface area (Å²) < 4.78 is 31.5. The zero-order chi connectivity index (χ0) is 13.0. The van der Waals surface area contributed by atoms with Gasteiger partial charge < -0.3 is 4.42 Å². The lowest BCUT2D eigenvalue weighted by atomic mass is 10.4. The van der Waals surface area contributed by atoms with E-state index in [1.807, 2.05) is 0 Å². The van der Waals surface area contributed by atoms with Crippen LogP contribution in [0.15, 0.2) is 45.8 Å². The van der Waals surface area contributed by atoms with Gasteiger partial charge in [0.25, 0.3) is 0 Å². The molecule has 2 rings (SSSR count). The van der Waals surface area contributed by atoms with Gasteiger partial charge in [-0.3, -0.25) is 0 Å². The van der Waals surface area contributed by atoms with Crippen molar-refractivity contribution in [2.24, 2.45) is 0 Å². The van der Waals surface area contributed by atoms with Crippen LogP contribution in [0.5, 0.6) is 0 Å². The Morgan fingerprint density at radius 1 is 1.28 bits per heavy atom. The number of aryl methyl sites for hydroxylation is 1. The van der Waals surface area contributed by atoms with Crippen LogP contribution < -0.4 is 4.72 Å². The van der Waals surface area contributed by atoms with Crippen LogP contribution in [0.3, 0.4) is 0 Å². The van der Waals surface area contributed by atoms with Gasteiger partial charge in [-0.15, -0.1) is 0 Å². The fourth-order valence-electron chi connectivity index (χ4n) is 1.49. The molecule has 96 valence electrons. The summed E-state index contributed by atoms with van der Waals surface area (Å²) in [5.74, 6) is 1.25. The van der Waals surface area contributed by atoms with E-state index in [2.05, 4.69) is 9.71 Å². The Hall–Kier alpha value is -1.66. The van der Waals surface area contributed by atoms with Gasteiger partial charge >= 0.3 is 0 Å². The van der Waals surface area contributed by atoms with Gasteiger partial charge in [-0.25, -0.2) is 18.1 Å². The molecule has 18 heavy (non-hydrogen) atoms. The van der Waals surface area contributed by atoms with Crippen molar-refractivity contribution in [3.8, 4) is 0 Å². The van der Waals surface area contributed by atoms with Crippen LogP contribution in [-0.4, -0.2) is 19.9 Å².